The van der Waals surface area contributed by atoms with E-state index < -0.39 is 18.1 Å². The van der Waals surface area contributed by atoms with E-state index >= 15 is 0 Å². The molecule has 0 fully saturated rings. The number of amides is 1. The van der Waals surface area contributed by atoms with E-state index in [1.165, 1.54) is 7.11 Å². The Balaban J connectivity index is 1.73. The van der Waals surface area contributed by atoms with Crippen LogP contribution in [-0.4, -0.2) is 37.7 Å². The number of carbonyl (C=O) groups excluding carboxylic acids is 2. The van der Waals surface area contributed by atoms with Crippen molar-refractivity contribution in [3.8, 4) is 5.75 Å². The summed E-state index contributed by atoms with van der Waals surface area (Å²) in [6.45, 7) is 0.0873. The predicted octanol–water partition coefficient (Wildman–Crippen LogP) is 3.45. The largest absolute Gasteiger partial charge is 0.491 e. The van der Waals surface area contributed by atoms with E-state index in [9.17, 15) is 9.59 Å². The van der Waals surface area contributed by atoms with Gasteiger partial charge in [0.2, 0.25) is 5.91 Å². The molecule has 0 aliphatic rings. The van der Waals surface area contributed by atoms with Gasteiger partial charge in [0.25, 0.3) is 0 Å². The summed E-state index contributed by atoms with van der Waals surface area (Å²) < 4.78 is 10.7. The van der Waals surface area contributed by atoms with Crippen LogP contribution >= 0.6 is 0 Å². The van der Waals surface area contributed by atoms with Crippen LogP contribution in [0.15, 0.2) is 91.0 Å². The second kappa shape index (κ2) is 11.4. The maximum Gasteiger partial charge on any atom is 0.328 e. The summed E-state index contributed by atoms with van der Waals surface area (Å²) >= 11 is 0. The lowest BCUT2D eigenvalue weighted by Crippen LogP contribution is -2.51. The van der Waals surface area contributed by atoms with Crippen LogP contribution in [0.2, 0.25) is 0 Å². The maximum atomic E-state index is 13.1. The number of anilines is 1. The van der Waals surface area contributed by atoms with Gasteiger partial charge >= 0.3 is 5.97 Å². The summed E-state index contributed by atoms with van der Waals surface area (Å²) in [7, 11) is 1.31. The van der Waals surface area contributed by atoms with Gasteiger partial charge in [-0.3, -0.25) is 4.79 Å². The highest BCUT2D eigenvalue weighted by Crippen LogP contribution is 2.12. The highest BCUT2D eigenvalue weighted by Gasteiger charge is 2.27. The number of rotatable bonds is 10. The van der Waals surface area contributed by atoms with Crippen LogP contribution in [0, 0.1) is 0 Å². The first-order valence-corrected chi connectivity index (χ1v) is 10.1. The fraction of sp³-hybridized carbons (Fsp3) is 0.200. The molecule has 0 aliphatic heterocycles. The van der Waals surface area contributed by atoms with Crippen molar-refractivity contribution >= 4 is 17.6 Å². The summed E-state index contributed by atoms with van der Waals surface area (Å²) in [5.41, 5.74) is 1.70. The minimum atomic E-state index is -0.809. The topological polar surface area (TPSA) is 76.7 Å². The molecule has 0 bridgehead atoms. The first-order chi connectivity index (χ1) is 15.2. The monoisotopic (exact) mass is 418 g/mol. The van der Waals surface area contributed by atoms with E-state index in [0.29, 0.717) is 12.2 Å². The fourth-order valence-electron chi connectivity index (χ4n) is 3.07. The lowest BCUT2D eigenvalue weighted by Gasteiger charge is -2.23. The molecule has 3 rings (SSSR count). The summed E-state index contributed by atoms with van der Waals surface area (Å²) in [5.74, 6) is -0.199. The average molecular weight is 418 g/mol. The summed E-state index contributed by atoms with van der Waals surface area (Å²) in [5, 5.41) is 6.00. The summed E-state index contributed by atoms with van der Waals surface area (Å²) in [4.78, 5) is 25.5. The van der Waals surface area contributed by atoms with Crippen molar-refractivity contribution in [2.45, 2.75) is 18.5 Å². The quantitative estimate of drug-likeness (QED) is 0.493. The Morgan fingerprint density at radius 2 is 1.39 bits per heavy atom. The van der Waals surface area contributed by atoms with E-state index in [4.69, 9.17) is 9.47 Å². The lowest BCUT2D eigenvalue weighted by molar-refractivity contribution is -0.145. The van der Waals surface area contributed by atoms with Gasteiger partial charge in [-0.05, 0) is 29.8 Å². The van der Waals surface area contributed by atoms with Gasteiger partial charge in [-0.25, -0.2) is 4.79 Å². The Morgan fingerprint density at radius 1 is 0.806 bits per heavy atom. The van der Waals surface area contributed by atoms with Crippen LogP contribution in [-0.2, 0) is 20.7 Å². The van der Waals surface area contributed by atoms with Gasteiger partial charge in [-0.2, -0.15) is 0 Å². The van der Waals surface area contributed by atoms with E-state index in [2.05, 4.69) is 10.6 Å². The minimum Gasteiger partial charge on any atom is -0.491 e. The molecule has 3 aromatic carbocycles. The number of esters is 1. The third-order valence-electron chi connectivity index (χ3n) is 4.68. The molecule has 6 nitrogen and oxygen atoms in total. The minimum absolute atomic E-state index is 0.0873. The predicted molar refractivity (Wildman–Crippen MR) is 120 cm³/mol. The number of methoxy groups -OCH3 is 1. The van der Waals surface area contributed by atoms with Crippen molar-refractivity contribution in [1.29, 1.82) is 0 Å². The van der Waals surface area contributed by atoms with Crippen molar-refractivity contribution in [3.05, 3.63) is 96.6 Å². The first kappa shape index (κ1) is 21.9. The van der Waals surface area contributed by atoms with Crippen molar-refractivity contribution < 1.29 is 19.1 Å². The molecule has 0 saturated heterocycles. The first-order valence-electron chi connectivity index (χ1n) is 10.1. The van der Waals surface area contributed by atoms with E-state index in [-0.39, 0.29) is 12.5 Å². The molecular weight excluding hydrogens is 392 g/mol. The molecule has 0 aliphatic carbocycles. The normalized spacial score (nSPS) is 12.3. The molecule has 2 N–H and O–H groups in total. The van der Waals surface area contributed by atoms with Crippen LogP contribution < -0.4 is 15.4 Å². The molecule has 0 aromatic heterocycles. The summed E-state index contributed by atoms with van der Waals surface area (Å²) in [6.07, 6.45) is 0.330. The third-order valence-corrected chi connectivity index (χ3v) is 4.68. The van der Waals surface area contributed by atoms with Gasteiger partial charge in [0, 0.05) is 12.1 Å². The highest BCUT2D eigenvalue weighted by molar-refractivity contribution is 5.89. The number of ether oxygens (including phenoxy) is 2. The summed E-state index contributed by atoms with van der Waals surface area (Å²) in [6, 6.07) is 26.6. The zero-order chi connectivity index (χ0) is 21.9. The second-order valence-corrected chi connectivity index (χ2v) is 6.96. The molecular formula is C25H26N2O4. The molecule has 1 unspecified atom stereocenters. The smallest absolute Gasteiger partial charge is 0.328 e. The van der Waals surface area contributed by atoms with Crippen LogP contribution in [0.4, 0.5) is 5.69 Å². The molecule has 0 heterocycles. The molecule has 2 atom stereocenters. The van der Waals surface area contributed by atoms with Crippen LogP contribution in [0.1, 0.15) is 5.56 Å². The molecule has 0 saturated carbocycles. The van der Waals surface area contributed by atoms with Crippen molar-refractivity contribution in [2.75, 3.05) is 19.0 Å². The molecule has 0 spiro atoms. The standard InChI is InChI=1S/C25H26N2O4/c1-30-25(29)22(17-19-11-5-2-6-12-19)27-24(28)23(26-20-13-7-3-8-14-20)18-31-21-15-9-4-10-16-21/h2-16,22-23,26H,17-18H2,1H3,(H,27,28)/t22-,23?/m0/s1. The molecule has 0 radical (unpaired) electrons. The van der Waals surface area contributed by atoms with Gasteiger partial charge in [0.15, 0.2) is 0 Å². The fourth-order valence-corrected chi connectivity index (χ4v) is 3.07. The van der Waals surface area contributed by atoms with Crippen molar-refractivity contribution in [2.24, 2.45) is 0 Å². The third kappa shape index (κ3) is 6.89. The van der Waals surface area contributed by atoms with Gasteiger partial charge in [-0.1, -0.05) is 66.7 Å². The average Bonchev–Trinajstić information content (AvgIpc) is 2.82. The molecule has 6 heteroatoms. The van der Waals surface area contributed by atoms with Gasteiger partial charge in [-0.15, -0.1) is 0 Å². The second-order valence-electron chi connectivity index (χ2n) is 6.96. The number of para-hydroxylation sites is 2. The highest BCUT2D eigenvalue weighted by atomic mass is 16.5. The number of hydrogen-bond donors (Lipinski definition) is 2. The van der Waals surface area contributed by atoms with Crippen LogP contribution in [0.3, 0.4) is 0 Å². The lowest BCUT2D eigenvalue weighted by atomic mass is 10.1. The molecule has 1 amide bonds. The number of benzene rings is 3. The SMILES string of the molecule is COC(=O)[C@H](Cc1ccccc1)NC(=O)C(COc1ccccc1)Nc1ccccc1. The Kier molecular flexibility index (Phi) is 8.05. The van der Waals surface area contributed by atoms with Gasteiger partial charge in [0.1, 0.15) is 24.4 Å². The maximum absolute atomic E-state index is 13.1. The Bertz CT molecular complexity index is 949. The molecule has 3 aromatic rings. The van der Waals surface area contributed by atoms with Crippen molar-refractivity contribution in [1.82, 2.24) is 5.32 Å². The van der Waals surface area contributed by atoms with E-state index in [1.54, 1.807) is 0 Å². The number of hydrogen-bond acceptors (Lipinski definition) is 5. The zero-order valence-corrected chi connectivity index (χ0v) is 17.4. The molecule has 160 valence electrons. The van der Waals surface area contributed by atoms with E-state index in [0.717, 1.165) is 11.3 Å². The van der Waals surface area contributed by atoms with E-state index in [1.807, 2.05) is 91.0 Å². The number of carbonyl (C=O) groups is 2. The van der Waals surface area contributed by atoms with Gasteiger partial charge in [0.05, 0.1) is 7.11 Å². The van der Waals surface area contributed by atoms with Crippen molar-refractivity contribution in [3.63, 3.8) is 0 Å². The Labute approximate surface area is 182 Å². The van der Waals surface area contributed by atoms with Crippen LogP contribution in [0.25, 0.3) is 0 Å². The Morgan fingerprint density at radius 3 is 2.00 bits per heavy atom. The zero-order valence-electron chi connectivity index (χ0n) is 17.4. The molecule has 31 heavy (non-hydrogen) atoms. The number of nitrogens with one attached hydrogen (secondary N) is 2. The van der Waals surface area contributed by atoms with Crippen LogP contribution in [0.5, 0.6) is 5.75 Å². The van der Waals surface area contributed by atoms with Gasteiger partial charge < -0.3 is 20.1 Å². The Hall–Kier alpha value is -3.80.